The third kappa shape index (κ3) is 4.36. The molecule has 0 saturated heterocycles. The van der Waals surface area contributed by atoms with Crippen LogP contribution in [0.25, 0.3) is 22.3 Å². The number of nitrogens with one attached hydrogen (secondary N) is 1. The highest BCUT2D eigenvalue weighted by Crippen LogP contribution is 2.28. The predicted molar refractivity (Wildman–Crippen MR) is 100 cm³/mol. The SMILES string of the molecule is COc1ccc(-c2cncc(-c3cccc(NS(C)(=O)=O)c3)c2)cc1. The fourth-order valence-electron chi connectivity index (χ4n) is 2.52. The van der Waals surface area contributed by atoms with Gasteiger partial charge in [-0.15, -0.1) is 0 Å². The van der Waals surface area contributed by atoms with E-state index in [1.807, 2.05) is 42.5 Å². The fourth-order valence-corrected chi connectivity index (χ4v) is 3.07. The first-order chi connectivity index (χ1) is 11.9. The second-order valence-corrected chi connectivity index (χ2v) is 7.39. The van der Waals surface area contributed by atoms with E-state index >= 15 is 0 Å². The number of anilines is 1. The lowest BCUT2D eigenvalue weighted by atomic mass is 10.0. The summed E-state index contributed by atoms with van der Waals surface area (Å²) < 4.78 is 30.5. The van der Waals surface area contributed by atoms with Crippen molar-refractivity contribution in [2.45, 2.75) is 0 Å². The van der Waals surface area contributed by atoms with Crippen LogP contribution in [0.4, 0.5) is 5.69 Å². The lowest BCUT2D eigenvalue weighted by Crippen LogP contribution is -2.09. The molecule has 0 fully saturated rings. The lowest BCUT2D eigenvalue weighted by Gasteiger charge is -2.09. The molecule has 1 N–H and O–H groups in total. The molecule has 5 nitrogen and oxygen atoms in total. The van der Waals surface area contributed by atoms with Gasteiger partial charge in [0.15, 0.2) is 0 Å². The lowest BCUT2D eigenvalue weighted by molar-refractivity contribution is 0.415. The summed E-state index contributed by atoms with van der Waals surface area (Å²) in [7, 11) is -1.68. The molecule has 0 spiro atoms. The number of hydrogen-bond donors (Lipinski definition) is 1. The van der Waals surface area contributed by atoms with Crippen LogP contribution in [0.1, 0.15) is 0 Å². The van der Waals surface area contributed by atoms with Gasteiger partial charge in [0, 0.05) is 29.2 Å². The molecule has 0 aliphatic rings. The Bertz CT molecular complexity index is 984. The molecule has 3 aromatic rings. The molecule has 25 heavy (non-hydrogen) atoms. The maximum atomic E-state index is 11.4. The van der Waals surface area contributed by atoms with Crippen molar-refractivity contribution in [2.75, 3.05) is 18.1 Å². The van der Waals surface area contributed by atoms with Crippen LogP contribution in [0.3, 0.4) is 0 Å². The Hall–Kier alpha value is -2.86. The molecule has 0 bridgehead atoms. The van der Waals surface area contributed by atoms with Crippen molar-refractivity contribution in [3.63, 3.8) is 0 Å². The standard InChI is InChI=1S/C19H18N2O3S/c1-24-19-8-6-14(7-9-19)16-10-17(13-20-12-16)15-4-3-5-18(11-15)21-25(2,22)23/h3-13,21H,1-2H3. The van der Waals surface area contributed by atoms with Gasteiger partial charge < -0.3 is 4.74 Å². The monoisotopic (exact) mass is 354 g/mol. The molecule has 0 unspecified atom stereocenters. The minimum absolute atomic E-state index is 0.523. The maximum absolute atomic E-state index is 11.4. The Labute approximate surface area is 147 Å². The Morgan fingerprint density at radius 2 is 1.56 bits per heavy atom. The largest absolute Gasteiger partial charge is 0.497 e. The zero-order valence-corrected chi connectivity index (χ0v) is 14.7. The van der Waals surface area contributed by atoms with E-state index in [2.05, 4.69) is 9.71 Å². The van der Waals surface area contributed by atoms with E-state index in [-0.39, 0.29) is 0 Å². The number of hydrogen-bond acceptors (Lipinski definition) is 4. The van der Waals surface area contributed by atoms with E-state index < -0.39 is 10.0 Å². The fraction of sp³-hybridized carbons (Fsp3) is 0.105. The van der Waals surface area contributed by atoms with Gasteiger partial charge in [-0.2, -0.15) is 0 Å². The topological polar surface area (TPSA) is 68.3 Å². The van der Waals surface area contributed by atoms with Crippen LogP contribution >= 0.6 is 0 Å². The van der Waals surface area contributed by atoms with E-state index in [1.165, 1.54) is 0 Å². The number of methoxy groups -OCH3 is 1. The van der Waals surface area contributed by atoms with Crippen LogP contribution in [-0.4, -0.2) is 26.8 Å². The second-order valence-electron chi connectivity index (χ2n) is 5.65. The number of ether oxygens (including phenoxy) is 1. The summed E-state index contributed by atoms with van der Waals surface area (Å²) in [6, 6.07) is 17.0. The number of benzene rings is 2. The summed E-state index contributed by atoms with van der Waals surface area (Å²) in [5.41, 5.74) is 4.32. The summed E-state index contributed by atoms with van der Waals surface area (Å²) in [4.78, 5) is 4.31. The first-order valence-corrected chi connectivity index (χ1v) is 9.51. The Morgan fingerprint density at radius 3 is 2.20 bits per heavy atom. The average Bonchev–Trinajstić information content (AvgIpc) is 2.61. The molecule has 128 valence electrons. The summed E-state index contributed by atoms with van der Waals surface area (Å²) in [6.45, 7) is 0. The summed E-state index contributed by atoms with van der Waals surface area (Å²) in [6.07, 6.45) is 4.68. The van der Waals surface area contributed by atoms with Gasteiger partial charge in [0.25, 0.3) is 0 Å². The second kappa shape index (κ2) is 6.94. The van der Waals surface area contributed by atoms with Crippen LogP contribution in [0, 0.1) is 0 Å². The quantitative estimate of drug-likeness (QED) is 0.757. The van der Waals surface area contributed by atoms with Crippen LogP contribution in [0.5, 0.6) is 5.75 Å². The van der Waals surface area contributed by atoms with E-state index in [9.17, 15) is 8.42 Å². The van der Waals surface area contributed by atoms with Gasteiger partial charge in [0.1, 0.15) is 5.75 Å². The smallest absolute Gasteiger partial charge is 0.229 e. The third-order valence-corrected chi connectivity index (χ3v) is 4.27. The van der Waals surface area contributed by atoms with E-state index in [0.29, 0.717) is 5.69 Å². The highest BCUT2D eigenvalue weighted by Gasteiger charge is 2.06. The van der Waals surface area contributed by atoms with Crippen LogP contribution < -0.4 is 9.46 Å². The van der Waals surface area contributed by atoms with Crippen molar-refractivity contribution in [1.82, 2.24) is 4.98 Å². The minimum Gasteiger partial charge on any atom is -0.497 e. The van der Waals surface area contributed by atoms with Gasteiger partial charge in [-0.25, -0.2) is 8.42 Å². The van der Waals surface area contributed by atoms with Crippen molar-refractivity contribution in [1.29, 1.82) is 0 Å². The highest BCUT2D eigenvalue weighted by molar-refractivity contribution is 7.92. The summed E-state index contributed by atoms with van der Waals surface area (Å²) >= 11 is 0. The third-order valence-electron chi connectivity index (χ3n) is 3.66. The molecule has 1 heterocycles. The van der Waals surface area contributed by atoms with Gasteiger partial charge >= 0.3 is 0 Å². The van der Waals surface area contributed by atoms with E-state index in [0.717, 1.165) is 34.3 Å². The van der Waals surface area contributed by atoms with E-state index in [1.54, 1.807) is 31.6 Å². The molecule has 0 radical (unpaired) electrons. The molecule has 2 aromatic carbocycles. The van der Waals surface area contributed by atoms with Crippen molar-refractivity contribution in [3.8, 4) is 28.0 Å². The van der Waals surface area contributed by atoms with Crippen molar-refractivity contribution in [2.24, 2.45) is 0 Å². The van der Waals surface area contributed by atoms with Crippen LogP contribution in [-0.2, 0) is 10.0 Å². The number of pyridine rings is 1. The molecular weight excluding hydrogens is 336 g/mol. The number of aromatic nitrogens is 1. The molecule has 6 heteroatoms. The molecule has 0 amide bonds. The minimum atomic E-state index is -3.31. The first-order valence-electron chi connectivity index (χ1n) is 7.62. The Balaban J connectivity index is 1.94. The van der Waals surface area contributed by atoms with Crippen LogP contribution in [0.2, 0.25) is 0 Å². The van der Waals surface area contributed by atoms with Gasteiger partial charge in [0.05, 0.1) is 13.4 Å². The van der Waals surface area contributed by atoms with E-state index in [4.69, 9.17) is 4.74 Å². The number of rotatable bonds is 5. The average molecular weight is 354 g/mol. The van der Waals surface area contributed by atoms with Gasteiger partial charge in [-0.05, 0) is 41.5 Å². The molecule has 0 saturated carbocycles. The van der Waals surface area contributed by atoms with Gasteiger partial charge in [0.2, 0.25) is 10.0 Å². The predicted octanol–water partition coefficient (Wildman–Crippen LogP) is 3.80. The van der Waals surface area contributed by atoms with Crippen LogP contribution in [0.15, 0.2) is 67.0 Å². The molecular formula is C19H18N2O3S. The molecule has 0 aliphatic heterocycles. The number of sulfonamides is 1. The highest BCUT2D eigenvalue weighted by atomic mass is 32.2. The van der Waals surface area contributed by atoms with Gasteiger partial charge in [-0.3, -0.25) is 9.71 Å². The maximum Gasteiger partial charge on any atom is 0.229 e. The first kappa shape index (κ1) is 17.0. The van der Waals surface area contributed by atoms with Crippen molar-refractivity contribution >= 4 is 15.7 Å². The molecule has 0 aliphatic carbocycles. The Morgan fingerprint density at radius 1 is 0.880 bits per heavy atom. The molecule has 1 aromatic heterocycles. The van der Waals surface area contributed by atoms with Crippen molar-refractivity contribution < 1.29 is 13.2 Å². The normalized spacial score (nSPS) is 11.1. The Kier molecular flexibility index (Phi) is 4.72. The number of nitrogens with zero attached hydrogens (tertiary/aromatic N) is 1. The van der Waals surface area contributed by atoms with Gasteiger partial charge in [-0.1, -0.05) is 24.3 Å². The van der Waals surface area contributed by atoms with Crippen molar-refractivity contribution in [3.05, 3.63) is 67.0 Å². The summed E-state index contributed by atoms with van der Waals surface area (Å²) in [5, 5.41) is 0. The molecule has 3 rings (SSSR count). The zero-order chi connectivity index (χ0) is 17.9. The molecule has 0 atom stereocenters. The summed E-state index contributed by atoms with van der Waals surface area (Å²) in [5.74, 6) is 0.799. The zero-order valence-electron chi connectivity index (χ0n) is 13.9.